The van der Waals surface area contributed by atoms with Gasteiger partial charge in [-0.15, -0.1) is 0 Å². The molecule has 7 heteroatoms. The van der Waals surface area contributed by atoms with Gasteiger partial charge in [0.2, 0.25) is 5.95 Å². The molecule has 0 saturated carbocycles. The molecular weight excluding hydrogens is 386 g/mol. The molecule has 0 unspecified atom stereocenters. The van der Waals surface area contributed by atoms with Gasteiger partial charge in [-0.25, -0.2) is 15.0 Å². The maximum Gasteiger partial charge on any atom is 0.227 e. The standard InChI is InChI=1S/C24H17N7/c1-15-10-21-22(29-23(28-21)17-5-2-4-16(11-17)13-25)12-20(15)31-24-27-9-7-19(30-24)18-6-3-8-26-14-18/h2-12,14H,1H3,(H,28,29)(H,27,30,31). The van der Waals surface area contributed by atoms with Gasteiger partial charge < -0.3 is 10.3 Å². The Morgan fingerprint density at radius 2 is 1.87 bits per heavy atom. The zero-order valence-corrected chi connectivity index (χ0v) is 16.7. The molecule has 0 aliphatic carbocycles. The van der Waals surface area contributed by atoms with Gasteiger partial charge in [0.1, 0.15) is 5.82 Å². The molecule has 0 atom stereocenters. The average Bonchev–Trinajstić information content (AvgIpc) is 3.23. The van der Waals surface area contributed by atoms with E-state index in [-0.39, 0.29) is 0 Å². The minimum absolute atomic E-state index is 0.501. The Bertz CT molecular complexity index is 1430. The summed E-state index contributed by atoms with van der Waals surface area (Å²) in [4.78, 5) is 21.2. The Kier molecular flexibility index (Phi) is 4.58. The summed E-state index contributed by atoms with van der Waals surface area (Å²) in [6.07, 6.45) is 5.23. The maximum atomic E-state index is 9.15. The number of aromatic amines is 1. The summed E-state index contributed by atoms with van der Waals surface area (Å²) < 4.78 is 0. The molecule has 148 valence electrons. The van der Waals surface area contributed by atoms with Crippen molar-refractivity contribution in [2.75, 3.05) is 5.32 Å². The molecule has 2 N–H and O–H groups in total. The van der Waals surface area contributed by atoms with Crippen molar-refractivity contribution in [3.8, 4) is 28.7 Å². The van der Waals surface area contributed by atoms with E-state index in [4.69, 9.17) is 10.2 Å². The molecule has 7 nitrogen and oxygen atoms in total. The van der Waals surface area contributed by atoms with Crippen molar-refractivity contribution < 1.29 is 0 Å². The molecule has 0 amide bonds. The van der Waals surface area contributed by atoms with Crippen LogP contribution in [0.15, 0.2) is 73.2 Å². The van der Waals surface area contributed by atoms with Gasteiger partial charge in [-0.3, -0.25) is 4.98 Å². The number of benzene rings is 2. The lowest BCUT2D eigenvalue weighted by molar-refractivity contribution is 1.16. The van der Waals surface area contributed by atoms with Crippen LogP contribution in [0.5, 0.6) is 0 Å². The predicted octanol–water partition coefficient (Wildman–Crippen LogP) is 5.01. The highest BCUT2D eigenvalue weighted by molar-refractivity contribution is 5.85. The van der Waals surface area contributed by atoms with Crippen molar-refractivity contribution >= 4 is 22.7 Å². The summed E-state index contributed by atoms with van der Waals surface area (Å²) in [5.41, 5.74) is 6.83. The van der Waals surface area contributed by atoms with Crippen molar-refractivity contribution in [2.45, 2.75) is 6.92 Å². The lowest BCUT2D eigenvalue weighted by Gasteiger charge is -2.09. The van der Waals surface area contributed by atoms with Crippen LogP contribution in [0.2, 0.25) is 0 Å². The number of nitriles is 1. The fourth-order valence-electron chi connectivity index (χ4n) is 3.39. The van der Waals surface area contributed by atoms with E-state index in [1.54, 1.807) is 24.7 Å². The van der Waals surface area contributed by atoms with Crippen LogP contribution in [0.1, 0.15) is 11.1 Å². The second-order valence-electron chi connectivity index (χ2n) is 7.09. The van der Waals surface area contributed by atoms with Gasteiger partial charge in [0.25, 0.3) is 0 Å². The van der Waals surface area contributed by atoms with E-state index >= 15 is 0 Å². The van der Waals surface area contributed by atoms with Crippen LogP contribution >= 0.6 is 0 Å². The van der Waals surface area contributed by atoms with Crippen LogP contribution in [-0.4, -0.2) is 24.9 Å². The van der Waals surface area contributed by atoms with Gasteiger partial charge in [0, 0.05) is 35.4 Å². The molecule has 0 aliphatic heterocycles. The van der Waals surface area contributed by atoms with E-state index in [1.165, 1.54) is 0 Å². The van der Waals surface area contributed by atoms with Crippen molar-refractivity contribution in [1.29, 1.82) is 5.26 Å². The number of fused-ring (bicyclic) bond motifs is 1. The van der Waals surface area contributed by atoms with E-state index in [9.17, 15) is 0 Å². The Balaban J connectivity index is 1.48. The molecule has 0 fully saturated rings. The number of aryl methyl sites for hydroxylation is 1. The average molecular weight is 403 g/mol. The summed E-state index contributed by atoms with van der Waals surface area (Å²) in [7, 11) is 0. The Labute approximate surface area is 178 Å². The zero-order valence-electron chi connectivity index (χ0n) is 16.7. The summed E-state index contributed by atoms with van der Waals surface area (Å²) in [5, 5.41) is 12.5. The fourth-order valence-corrected chi connectivity index (χ4v) is 3.39. The Hall–Kier alpha value is -4.57. The van der Waals surface area contributed by atoms with Crippen LogP contribution in [-0.2, 0) is 0 Å². The molecule has 31 heavy (non-hydrogen) atoms. The molecule has 3 aromatic heterocycles. The number of rotatable bonds is 4. The molecular formula is C24H17N7. The Morgan fingerprint density at radius 1 is 0.968 bits per heavy atom. The van der Waals surface area contributed by atoms with Crippen LogP contribution in [0, 0.1) is 18.3 Å². The highest BCUT2D eigenvalue weighted by Gasteiger charge is 2.10. The van der Waals surface area contributed by atoms with Gasteiger partial charge >= 0.3 is 0 Å². The highest BCUT2D eigenvalue weighted by atomic mass is 15.1. The molecule has 0 bridgehead atoms. The van der Waals surface area contributed by atoms with Crippen LogP contribution in [0.4, 0.5) is 11.6 Å². The summed E-state index contributed by atoms with van der Waals surface area (Å²) >= 11 is 0. The third-order valence-corrected chi connectivity index (χ3v) is 4.95. The van der Waals surface area contributed by atoms with Crippen LogP contribution in [0.25, 0.3) is 33.7 Å². The number of anilines is 2. The minimum atomic E-state index is 0.501. The van der Waals surface area contributed by atoms with Crippen molar-refractivity contribution in [3.05, 3.63) is 84.3 Å². The fraction of sp³-hybridized carbons (Fsp3) is 0.0417. The number of H-pyrrole nitrogens is 1. The van der Waals surface area contributed by atoms with E-state index in [1.807, 2.05) is 55.5 Å². The normalized spacial score (nSPS) is 10.7. The summed E-state index contributed by atoms with van der Waals surface area (Å²) in [5.74, 6) is 1.22. The number of aromatic nitrogens is 5. The van der Waals surface area contributed by atoms with Crippen molar-refractivity contribution in [2.24, 2.45) is 0 Å². The van der Waals surface area contributed by atoms with Crippen LogP contribution < -0.4 is 5.32 Å². The SMILES string of the molecule is Cc1cc2[nH]c(-c3cccc(C#N)c3)nc2cc1Nc1nccc(-c2cccnc2)n1. The van der Waals surface area contributed by atoms with E-state index in [0.717, 1.165) is 44.9 Å². The number of nitrogens with one attached hydrogen (secondary N) is 2. The second-order valence-corrected chi connectivity index (χ2v) is 7.09. The van der Waals surface area contributed by atoms with Gasteiger partial charge in [-0.2, -0.15) is 5.26 Å². The first-order valence-electron chi connectivity index (χ1n) is 9.71. The van der Waals surface area contributed by atoms with Crippen molar-refractivity contribution in [3.63, 3.8) is 0 Å². The molecule has 2 aromatic carbocycles. The molecule has 5 aromatic rings. The van der Waals surface area contributed by atoms with Gasteiger partial charge in [0.05, 0.1) is 28.4 Å². The molecule has 0 aliphatic rings. The summed E-state index contributed by atoms with van der Waals surface area (Å²) in [6, 6.07) is 19.2. The first-order chi connectivity index (χ1) is 15.2. The summed E-state index contributed by atoms with van der Waals surface area (Å²) in [6.45, 7) is 2.02. The molecule has 0 radical (unpaired) electrons. The molecule has 3 heterocycles. The Morgan fingerprint density at radius 3 is 2.71 bits per heavy atom. The largest absolute Gasteiger partial charge is 0.338 e. The van der Waals surface area contributed by atoms with E-state index in [2.05, 4.69) is 31.3 Å². The molecule has 0 saturated heterocycles. The third-order valence-electron chi connectivity index (χ3n) is 4.95. The van der Waals surface area contributed by atoms with E-state index in [0.29, 0.717) is 11.5 Å². The minimum Gasteiger partial charge on any atom is -0.338 e. The monoisotopic (exact) mass is 403 g/mol. The van der Waals surface area contributed by atoms with Crippen molar-refractivity contribution in [1.82, 2.24) is 24.9 Å². The van der Waals surface area contributed by atoms with Gasteiger partial charge in [-0.1, -0.05) is 12.1 Å². The zero-order chi connectivity index (χ0) is 21.2. The lowest BCUT2D eigenvalue weighted by atomic mass is 10.1. The van der Waals surface area contributed by atoms with Gasteiger partial charge in [0.15, 0.2) is 0 Å². The lowest BCUT2D eigenvalue weighted by Crippen LogP contribution is -1.99. The van der Waals surface area contributed by atoms with E-state index < -0.39 is 0 Å². The number of nitrogens with zero attached hydrogens (tertiary/aromatic N) is 5. The predicted molar refractivity (Wildman–Crippen MR) is 120 cm³/mol. The number of hydrogen-bond acceptors (Lipinski definition) is 6. The first kappa shape index (κ1) is 18.5. The van der Waals surface area contributed by atoms with Gasteiger partial charge in [-0.05, 0) is 55.0 Å². The number of imidazole rings is 1. The number of hydrogen-bond donors (Lipinski definition) is 2. The first-order valence-corrected chi connectivity index (χ1v) is 9.71. The topological polar surface area (TPSA) is 103 Å². The third kappa shape index (κ3) is 3.70. The molecule has 5 rings (SSSR count). The second kappa shape index (κ2) is 7.69. The quantitative estimate of drug-likeness (QED) is 0.437. The molecule has 0 spiro atoms. The number of pyridine rings is 1. The smallest absolute Gasteiger partial charge is 0.227 e. The van der Waals surface area contributed by atoms with Crippen LogP contribution in [0.3, 0.4) is 0 Å². The highest BCUT2D eigenvalue weighted by Crippen LogP contribution is 2.28. The maximum absolute atomic E-state index is 9.15.